The van der Waals surface area contributed by atoms with Crippen molar-refractivity contribution in [3.63, 3.8) is 0 Å². The van der Waals surface area contributed by atoms with Crippen molar-refractivity contribution in [2.45, 2.75) is 11.2 Å². The van der Waals surface area contributed by atoms with Crippen LogP contribution in [0.5, 0.6) is 11.5 Å². The van der Waals surface area contributed by atoms with Gasteiger partial charge in [0.25, 0.3) is 0 Å². The predicted octanol–water partition coefficient (Wildman–Crippen LogP) is 1.71. The van der Waals surface area contributed by atoms with Gasteiger partial charge in [0.15, 0.2) is 11.5 Å². The highest BCUT2D eigenvalue weighted by Crippen LogP contribution is 2.37. The number of hydrogen-bond acceptors (Lipinski definition) is 7. The Labute approximate surface area is 135 Å². The number of aliphatic carboxylic acids is 1. The second kappa shape index (κ2) is 5.20. The molecule has 1 unspecified atom stereocenters. The van der Waals surface area contributed by atoms with E-state index in [0.29, 0.717) is 22.6 Å². The van der Waals surface area contributed by atoms with Crippen molar-refractivity contribution in [1.82, 2.24) is 14.8 Å². The number of carbonyl (C=O) groups is 1. The van der Waals surface area contributed by atoms with Crippen LogP contribution in [-0.4, -0.2) is 38.9 Å². The molecule has 0 bridgehead atoms. The number of nitrogens with one attached hydrogen (secondary N) is 1. The first-order valence-corrected chi connectivity index (χ1v) is 8.00. The van der Waals surface area contributed by atoms with E-state index in [1.807, 2.05) is 18.4 Å². The molecule has 3 heterocycles. The molecule has 0 saturated heterocycles. The summed E-state index contributed by atoms with van der Waals surface area (Å²) in [6.45, 7) is 0.187. The van der Waals surface area contributed by atoms with Crippen molar-refractivity contribution in [2.24, 2.45) is 0 Å². The van der Waals surface area contributed by atoms with E-state index < -0.39 is 5.97 Å². The van der Waals surface area contributed by atoms with Crippen LogP contribution in [0.2, 0.25) is 0 Å². The molecule has 0 saturated carbocycles. The Morgan fingerprint density at radius 1 is 1.43 bits per heavy atom. The molecule has 0 radical (unpaired) electrons. The van der Waals surface area contributed by atoms with Gasteiger partial charge < -0.3 is 19.9 Å². The summed E-state index contributed by atoms with van der Waals surface area (Å²) in [7, 11) is 0. The molecule has 118 valence electrons. The first kappa shape index (κ1) is 13.9. The normalized spacial score (nSPS) is 18.1. The Kier molecular flexibility index (Phi) is 3.15. The summed E-state index contributed by atoms with van der Waals surface area (Å²) < 4.78 is 12.4. The quantitative estimate of drug-likeness (QED) is 0.820. The molecule has 2 aromatic rings. The van der Waals surface area contributed by atoms with Gasteiger partial charge in [0.1, 0.15) is 11.7 Å². The number of ether oxygens (including phenoxy) is 2. The molecule has 0 aliphatic carbocycles. The zero-order chi connectivity index (χ0) is 16.0. The molecule has 0 amide bonds. The predicted molar refractivity (Wildman–Crippen MR) is 81.8 cm³/mol. The molecule has 2 aliphatic rings. The van der Waals surface area contributed by atoms with E-state index in [1.54, 1.807) is 16.8 Å². The van der Waals surface area contributed by atoms with Gasteiger partial charge in [-0.2, -0.15) is 4.98 Å². The molecule has 9 heteroatoms. The largest absolute Gasteiger partial charge is 0.477 e. The highest BCUT2D eigenvalue weighted by molar-refractivity contribution is 7.98. The molecule has 23 heavy (non-hydrogen) atoms. The van der Waals surface area contributed by atoms with E-state index in [4.69, 9.17) is 9.47 Å². The van der Waals surface area contributed by atoms with Gasteiger partial charge in [0, 0.05) is 0 Å². The number of anilines is 1. The van der Waals surface area contributed by atoms with Gasteiger partial charge in [-0.25, -0.2) is 9.48 Å². The van der Waals surface area contributed by atoms with Gasteiger partial charge in [-0.3, -0.25) is 0 Å². The maximum atomic E-state index is 11.4. The molecule has 2 N–H and O–H groups in total. The van der Waals surface area contributed by atoms with Crippen LogP contribution in [0.25, 0.3) is 0 Å². The van der Waals surface area contributed by atoms with Crippen LogP contribution in [0.1, 0.15) is 11.6 Å². The summed E-state index contributed by atoms with van der Waals surface area (Å²) >= 11 is 1.39. The minimum Gasteiger partial charge on any atom is -0.477 e. The Hall–Kier alpha value is -2.68. The maximum Gasteiger partial charge on any atom is 0.352 e. The van der Waals surface area contributed by atoms with Gasteiger partial charge in [0.05, 0.1) is 0 Å². The molecule has 0 spiro atoms. The Bertz CT molecular complexity index is 832. The average molecular weight is 332 g/mol. The first-order chi connectivity index (χ1) is 11.2. The van der Waals surface area contributed by atoms with Crippen LogP contribution in [0.4, 0.5) is 5.95 Å². The Morgan fingerprint density at radius 2 is 2.26 bits per heavy atom. The molecule has 1 aromatic carbocycles. The Morgan fingerprint density at radius 3 is 3.04 bits per heavy atom. The lowest BCUT2D eigenvalue weighted by molar-refractivity contribution is -0.132. The van der Waals surface area contributed by atoms with Crippen LogP contribution >= 0.6 is 11.8 Å². The molecular formula is C14H12N4O4S. The number of nitrogens with zero attached hydrogens (tertiary/aromatic N) is 3. The van der Waals surface area contributed by atoms with Crippen LogP contribution in [0, 0.1) is 0 Å². The van der Waals surface area contributed by atoms with Gasteiger partial charge in [-0.15, -0.1) is 5.10 Å². The number of carboxylic acids is 1. The number of thioether (sulfide) groups is 1. The number of aromatic nitrogens is 3. The lowest BCUT2D eigenvalue weighted by Crippen LogP contribution is -2.24. The fraction of sp³-hybridized carbons (Fsp3) is 0.214. The van der Waals surface area contributed by atoms with E-state index in [2.05, 4.69) is 15.4 Å². The van der Waals surface area contributed by atoms with Crippen molar-refractivity contribution in [1.29, 1.82) is 0 Å². The second-order valence-corrected chi connectivity index (χ2v) is 5.71. The van der Waals surface area contributed by atoms with Crippen molar-refractivity contribution < 1.29 is 19.4 Å². The monoisotopic (exact) mass is 332 g/mol. The fourth-order valence-electron chi connectivity index (χ4n) is 2.52. The SMILES string of the molecule is CSc1nc2n(n1)C(c1ccc3c(c1)OCO3)C=C(C(=O)O)N2. The van der Waals surface area contributed by atoms with Crippen molar-refractivity contribution in [3.05, 3.63) is 35.5 Å². The number of allylic oxidation sites excluding steroid dienone is 1. The van der Waals surface area contributed by atoms with E-state index in [0.717, 1.165) is 5.56 Å². The van der Waals surface area contributed by atoms with Crippen LogP contribution < -0.4 is 14.8 Å². The lowest BCUT2D eigenvalue weighted by Gasteiger charge is -2.22. The minimum atomic E-state index is -1.05. The van der Waals surface area contributed by atoms with Crippen molar-refractivity contribution in [3.8, 4) is 11.5 Å². The molecule has 0 fully saturated rings. The van der Waals surface area contributed by atoms with Gasteiger partial charge in [0.2, 0.25) is 17.9 Å². The lowest BCUT2D eigenvalue weighted by atomic mass is 10.0. The smallest absolute Gasteiger partial charge is 0.352 e. The van der Waals surface area contributed by atoms with Gasteiger partial charge in [-0.1, -0.05) is 17.8 Å². The fourth-order valence-corrected chi connectivity index (χ4v) is 2.87. The Balaban J connectivity index is 1.82. The molecule has 4 rings (SSSR count). The zero-order valence-electron chi connectivity index (χ0n) is 12.0. The summed E-state index contributed by atoms with van der Waals surface area (Å²) in [5.41, 5.74) is 0.911. The summed E-state index contributed by atoms with van der Waals surface area (Å²) in [4.78, 5) is 15.7. The molecule has 8 nitrogen and oxygen atoms in total. The summed E-state index contributed by atoms with van der Waals surface area (Å²) in [6.07, 6.45) is 3.47. The average Bonchev–Trinajstić information content (AvgIpc) is 3.18. The van der Waals surface area contributed by atoms with E-state index in [1.165, 1.54) is 11.8 Å². The second-order valence-electron chi connectivity index (χ2n) is 4.93. The van der Waals surface area contributed by atoms with Crippen molar-refractivity contribution in [2.75, 3.05) is 18.4 Å². The van der Waals surface area contributed by atoms with Crippen LogP contribution in [-0.2, 0) is 4.79 Å². The highest BCUT2D eigenvalue weighted by atomic mass is 32.2. The van der Waals surface area contributed by atoms with Gasteiger partial charge in [-0.05, 0) is 30.0 Å². The third-order valence-electron chi connectivity index (χ3n) is 3.60. The zero-order valence-corrected chi connectivity index (χ0v) is 12.8. The summed E-state index contributed by atoms with van der Waals surface area (Å²) in [6, 6.07) is 5.11. The van der Waals surface area contributed by atoms with E-state index in [9.17, 15) is 9.90 Å². The van der Waals surface area contributed by atoms with Crippen LogP contribution in [0.3, 0.4) is 0 Å². The molecular weight excluding hydrogens is 320 g/mol. The third-order valence-corrected chi connectivity index (χ3v) is 4.14. The summed E-state index contributed by atoms with van der Waals surface area (Å²) in [5, 5.41) is 17.1. The molecule has 2 aliphatic heterocycles. The number of benzene rings is 1. The number of rotatable bonds is 3. The van der Waals surface area contributed by atoms with E-state index >= 15 is 0 Å². The maximum absolute atomic E-state index is 11.4. The minimum absolute atomic E-state index is 0.0696. The standard InChI is InChI=1S/C14H12N4O4S/c1-23-14-16-13-15-8(12(19)20)5-9(18(13)17-14)7-2-3-10-11(4-7)22-6-21-10/h2-5,9H,6H2,1H3,(H,19,20)(H,15,16,17). The topological polar surface area (TPSA) is 98.5 Å². The van der Waals surface area contributed by atoms with E-state index in [-0.39, 0.29) is 18.5 Å². The third kappa shape index (κ3) is 2.29. The number of carboxylic acid groups (broad SMARTS) is 1. The van der Waals surface area contributed by atoms with Crippen molar-refractivity contribution >= 4 is 23.7 Å². The number of hydrogen-bond donors (Lipinski definition) is 2. The van der Waals surface area contributed by atoms with Gasteiger partial charge >= 0.3 is 5.97 Å². The highest BCUT2D eigenvalue weighted by Gasteiger charge is 2.28. The molecule has 1 atom stereocenters. The first-order valence-electron chi connectivity index (χ1n) is 6.78. The number of fused-ring (bicyclic) bond motifs is 2. The summed E-state index contributed by atoms with van der Waals surface area (Å²) in [5.74, 6) is 0.666. The van der Waals surface area contributed by atoms with Crippen LogP contribution in [0.15, 0.2) is 35.1 Å². The molecule has 1 aromatic heterocycles.